The highest BCUT2D eigenvalue weighted by atomic mass is 16.3. The van der Waals surface area contributed by atoms with Gasteiger partial charge in [0.2, 0.25) is 0 Å². The molecule has 0 aromatic heterocycles. The third-order valence-electron chi connectivity index (χ3n) is 1.66. The van der Waals surface area contributed by atoms with Crippen molar-refractivity contribution in [3.8, 4) is 0 Å². The maximum Gasteiger partial charge on any atom is 0.159 e. The van der Waals surface area contributed by atoms with Gasteiger partial charge in [0.15, 0.2) is 5.78 Å². The summed E-state index contributed by atoms with van der Waals surface area (Å²) in [6, 6.07) is 0.0301. The Balaban J connectivity index is 2.32. The number of carbonyl (C=O) groups excluding carboxylic acids is 1. The Morgan fingerprint density at radius 1 is 1.89 bits per heavy atom. The quantitative estimate of drug-likeness (QED) is 0.518. The van der Waals surface area contributed by atoms with Crippen LogP contribution < -0.4 is 5.32 Å². The third kappa shape index (κ3) is 1.28. The molecule has 0 spiro atoms. The average Bonchev–Trinajstić information content (AvgIpc) is 1.60. The van der Waals surface area contributed by atoms with E-state index < -0.39 is 6.10 Å². The number of Topliss-reactive ketones (excluding diaryl/α,β-unsaturated/α-hetero) is 1. The Bertz CT molecular complexity index is 120. The molecular weight excluding hydrogens is 118 g/mol. The number of hydrogen-bond acceptors (Lipinski definition) is 3. The van der Waals surface area contributed by atoms with Crippen LogP contribution in [0.4, 0.5) is 0 Å². The highest BCUT2D eigenvalue weighted by Crippen LogP contribution is 2.07. The summed E-state index contributed by atoms with van der Waals surface area (Å²) in [6.45, 7) is 2.33. The topological polar surface area (TPSA) is 49.3 Å². The van der Waals surface area contributed by atoms with Gasteiger partial charge in [0.25, 0.3) is 0 Å². The average molecular weight is 129 g/mol. The lowest BCUT2D eigenvalue weighted by molar-refractivity contribution is -0.127. The summed E-state index contributed by atoms with van der Waals surface area (Å²) >= 11 is 0. The van der Waals surface area contributed by atoms with Gasteiger partial charge in [0.1, 0.15) is 6.10 Å². The van der Waals surface area contributed by atoms with Crippen LogP contribution in [0.15, 0.2) is 0 Å². The zero-order valence-electron chi connectivity index (χ0n) is 5.42. The van der Waals surface area contributed by atoms with Crippen LogP contribution in [0.25, 0.3) is 0 Å². The first-order chi connectivity index (χ1) is 4.22. The Kier molecular flexibility index (Phi) is 1.83. The second-order valence-electron chi connectivity index (χ2n) is 2.40. The van der Waals surface area contributed by atoms with Crippen molar-refractivity contribution in [3.63, 3.8) is 0 Å². The molecule has 1 aliphatic heterocycles. The summed E-state index contributed by atoms with van der Waals surface area (Å²) < 4.78 is 0. The van der Waals surface area contributed by atoms with Crippen molar-refractivity contribution in [2.45, 2.75) is 25.5 Å². The van der Waals surface area contributed by atoms with Crippen LogP contribution in [0.2, 0.25) is 0 Å². The first-order valence-corrected chi connectivity index (χ1v) is 3.13. The number of rotatable bonds is 2. The van der Waals surface area contributed by atoms with Gasteiger partial charge in [0, 0.05) is 6.04 Å². The van der Waals surface area contributed by atoms with Crippen molar-refractivity contribution >= 4 is 5.78 Å². The first kappa shape index (κ1) is 6.71. The monoisotopic (exact) mass is 129 g/mol. The number of nitrogens with one attached hydrogen (secondary N) is 1. The van der Waals surface area contributed by atoms with E-state index in [1.165, 1.54) is 6.92 Å². The molecule has 0 aromatic carbocycles. The minimum Gasteiger partial charge on any atom is -0.384 e. The van der Waals surface area contributed by atoms with Gasteiger partial charge in [0.05, 0.1) is 0 Å². The van der Waals surface area contributed by atoms with Crippen LogP contribution in [0, 0.1) is 0 Å². The first-order valence-electron chi connectivity index (χ1n) is 3.13. The maximum absolute atomic E-state index is 10.5. The molecular formula is C6H11NO2. The molecule has 0 saturated carbocycles. The fourth-order valence-electron chi connectivity index (χ4n) is 0.864. The molecule has 2 unspecified atom stereocenters. The molecule has 2 N–H and O–H groups in total. The van der Waals surface area contributed by atoms with E-state index in [1.807, 2.05) is 0 Å². The zero-order valence-corrected chi connectivity index (χ0v) is 5.42. The van der Waals surface area contributed by atoms with Crippen LogP contribution in [0.5, 0.6) is 0 Å². The molecule has 0 aliphatic carbocycles. The van der Waals surface area contributed by atoms with Gasteiger partial charge in [-0.15, -0.1) is 0 Å². The Labute approximate surface area is 54.1 Å². The van der Waals surface area contributed by atoms with Crippen molar-refractivity contribution in [2.75, 3.05) is 6.54 Å². The van der Waals surface area contributed by atoms with E-state index in [0.29, 0.717) is 0 Å². The Morgan fingerprint density at radius 3 is 2.56 bits per heavy atom. The van der Waals surface area contributed by atoms with Crippen LogP contribution in [0.1, 0.15) is 13.3 Å². The van der Waals surface area contributed by atoms with E-state index in [0.717, 1.165) is 13.0 Å². The molecule has 3 nitrogen and oxygen atoms in total. The molecule has 1 aliphatic rings. The van der Waals surface area contributed by atoms with Crippen molar-refractivity contribution in [2.24, 2.45) is 0 Å². The van der Waals surface area contributed by atoms with Gasteiger partial charge in [-0.3, -0.25) is 4.79 Å². The standard InChI is InChI=1S/C6H11NO2/c1-4(8)6(9)5-2-3-7-5/h5-7,9H,2-3H2,1H3. The van der Waals surface area contributed by atoms with Crippen molar-refractivity contribution in [1.29, 1.82) is 0 Å². The van der Waals surface area contributed by atoms with Crippen molar-refractivity contribution in [1.82, 2.24) is 5.32 Å². The minimum absolute atomic E-state index is 0.0301. The summed E-state index contributed by atoms with van der Waals surface area (Å²) in [6.07, 6.45) is 0.138. The minimum atomic E-state index is -0.779. The molecule has 0 amide bonds. The van der Waals surface area contributed by atoms with Crippen molar-refractivity contribution < 1.29 is 9.90 Å². The molecule has 0 radical (unpaired) electrons. The molecule has 1 fully saturated rings. The van der Waals surface area contributed by atoms with E-state index in [2.05, 4.69) is 5.32 Å². The number of aliphatic hydroxyl groups excluding tert-OH is 1. The molecule has 9 heavy (non-hydrogen) atoms. The van der Waals surface area contributed by atoms with Crippen molar-refractivity contribution in [3.05, 3.63) is 0 Å². The van der Waals surface area contributed by atoms with E-state index in [-0.39, 0.29) is 11.8 Å². The van der Waals surface area contributed by atoms with Crippen LogP contribution in [0.3, 0.4) is 0 Å². The zero-order chi connectivity index (χ0) is 6.85. The fourth-order valence-corrected chi connectivity index (χ4v) is 0.864. The Hall–Kier alpha value is -0.410. The van der Waals surface area contributed by atoms with Gasteiger partial charge >= 0.3 is 0 Å². The molecule has 1 saturated heterocycles. The largest absolute Gasteiger partial charge is 0.384 e. The summed E-state index contributed by atoms with van der Waals surface area (Å²) in [4.78, 5) is 10.5. The third-order valence-corrected chi connectivity index (χ3v) is 1.66. The second kappa shape index (κ2) is 2.45. The van der Waals surface area contributed by atoms with E-state index in [1.54, 1.807) is 0 Å². The molecule has 1 heterocycles. The lowest BCUT2D eigenvalue weighted by atomic mass is 9.99. The van der Waals surface area contributed by atoms with E-state index in [9.17, 15) is 4.79 Å². The number of ketones is 1. The summed E-state index contributed by atoms with van der Waals surface area (Å²) in [5.41, 5.74) is 0. The smallest absolute Gasteiger partial charge is 0.159 e. The maximum atomic E-state index is 10.5. The normalized spacial score (nSPS) is 28.9. The molecule has 0 bridgehead atoms. The van der Waals surface area contributed by atoms with Crippen LogP contribution in [-0.2, 0) is 4.79 Å². The second-order valence-corrected chi connectivity index (χ2v) is 2.40. The van der Waals surface area contributed by atoms with Gasteiger partial charge in [-0.25, -0.2) is 0 Å². The summed E-state index contributed by atoms with van der Waals surface area (Å²) in [7, 11) is 0. The number of hydrogen-bond donors (Lipinski definition) is 2. The van der Waals surface area contributed by atoms with E-state index >= 15 is 0 Å². The molecule has 1 rings (SSSR count). The van der Waals surface area contributed by atoms with Gasteiger partial charge in [-0.1, -0.05) is 0 Å². The summed E-state index contributed by atoms with van der Waals surface area (Å²) in [5.74, 6) is -0.146. The lowest BCUT2D eigenvalue weighted by Gasteiger charge is -2.30. The molecule has 52 valence electrons. The molecule has 2 atom stereocenters. The van der Waals surface area contributed by atoms with Crippen LogP contribution in [-0.4, -0.2) is 29.6 Å². The Morgan fingerprint density at radius 2 is 2.44 bits per heavy atom. The number of carbonyl (C=O) groups is 1. The SMILES string of the molecule is CC(=O)C(O)C1CCN1. The molecule has 3 heteroatoms. The molecule has 0 aromatic rings. The predicted molar refractivity (Wildman–Crippen MR) is 33.1 cm³/mol. The highest BCUT2D eigenvalue weighted by molar-refractivity contribution is 5.81. The van der Waals surface area contributed by atoms with Gasteiger partial charge < -0.3 is 10.4 Å². The highest BCUT2D eigenvalue weighted by Gasteiger charge is 2.27. The fraction of sp³-hybridized carbons (Fsp3) is 0.833. The number of aliphatic hydroxyl groups is 1. The lowest BCUT2D eigenvalue weighted by Crippen LogP contribution is -2.53. The van der Waals surface area contributed by atoms with E-state index in [4.69, 9.17) is 5.11 Å². The summed E-state index contributed by atoms with van der Waals surface area (Å²) in [5, 5.41) is 12.0. The van der Waals surface area contributed by atoms with Gasteiger partial charge in [-0.2, -0.15) is 0 Å². The predicted octanol–water partition coefficient (Wildman–Crippen LogP) is -0.702. The van der Waals surface area contributed by atoms with Crippen LogP contribution >= 0.6 is 0 Å². The van der Waals surface area contributed by atoms with Gasteiger partial charge in [-0.05, 0) is 19.9 Å².